The molecule has 0 saturated heterocycles. The summed E-state index contributed by atoms with van der Waals surface area (Å²) >= 11 is 1.37. The van der Waals surface area contributed by atoms with Gasteiger partial charge in [-0.3, -0.25) is 4.79 Å². The van der Waals surface area contributed by atoms with E-state index in [0.29, 0.717) is 17.1 Å². The Morgan fingerprint density at radius 2 is 2.14 bits per heavy atom. The molecular formula is C14H17N3O3S2. The average molecular weight is 339 g/mol. The second kappa shape index (κ2) is 5.60. The first-order chi connectivity index (χ1) is 10.4. The number of aryl methyl sites for hydroxylation is 2. The molecule has 0 atom stereocenters. The predicted molar refractivity (Wildman–Crippen MR) is 85.6 cm³/mol. The number of aromatic nitrogens is 2. The molecule has 2 aromatic heterocycles. The third-order valence-corrected chi connectivity index (χ3v) is 6.33. The van der Waals surface area contributed by atoms with Gasteiger partial charge in [-0.15, -0.1) is 11.3 Å². The summed E-state index contributed by atoms with van der Waals surface area (Å²) in [5.41, 5.74) is 0.449. The van der Waals surface area contributed by atoms with E-state index in [2.05, 4.69) is 9.82 Å². The van der Waals surface area contributed by atoms with Gasteiger partial charge in [-0.25, -0.2) is 17.8 Å². The van der Waals surface area contributed by atoms with E-state index in [9.17, 15) is 13.2 Å². The van der Waals surface area contributed by atoms with Crippen LogP contribution in [-0.2, 0) is 16.6 Å². The molecule has 1 saturated carbocycles. The first-order valence-electron chi connectivity index (χ1n) is 7.12. The summed E-state index contributed by atoms with van der Waals surface area (Å²) < 4.78 is 28.7. The molecule has 1 fully saturated rings. The van der Waals surface area contributed by atoms with E-state index in [0.717, 1.165) is 22.6 Å². The van der Waals surface area contributed by atoms with E-state index in [1.807, 2.05) is 6.92 Å². The van der Waals surface area contributed by atoms with Gasteiger partial charge in [0.2, 0.25) is 10.0 Å². The molecule has 2 heterocycles. The van der Waals surface area contributed by atoms with Crippen molar-refractivity contribution in [2.45, 2.75) is 44.2 Å². The van der Waals surface area contributed by atoms with Crippen LogP contribution in [-0.4, -0.2) is 24.2 Å². The maximum atomic E-state index is 12.3. The molecule has 3 rings (SSSR count). The quantitative estimate of drug-likeness (QED) is 0.900. The van der Waals surface area contributed by atoms with Crippen LogP contribution in [0.15, 0.2) is 27.9 Å². The zero-order valence-electron chi connectivity index (χ0n) is 12.4. The molecule has 0 unspecified atom stereocenters. The standard InChI is InChI=1S/C14H17N3O3S2/c1-3-17-14(18)7-6-11(15-17)12-8-13(9(2)21-12)22(19,20)16-10-4-5-10/h6-8,10,16H,3-5H2,1-2H3. The van der Waals surface area contributed by atoms with Crippen molar-refractivity contribution in [3.05, 3.63) is 33.4 Å². The highest BCUT2D eigenvalue weighted by atomic mass is 32.2. The second-order valence-corrected chi connectivity index (χ2v) is 8.24. The molecule has 0 radical (unpaired) electrons. The van der Waals surface area contributed by atoms with Gasteiger partial charge in [0.05, 0.1) is 9.77 Å². The van der Waals surface area contributed by atoms with E-state index < -0.39 is 10.0 Å². The lowest BCUT2D eigenvalue weighted by atomic mass is 10.3. The summed E-state index contributed by atoms with van der Waals surface area (Å²) in [4.78, 5) is 13.4. The van der Waals surface area contributed by atoms with Crippen molar-refractivity contribution in [1.82, 2.24) is 14.5 Å². The molecular weight excluding hydrogens is 322 g/mol. The molecule has 6 nitrogen and oxygen atoms in total. The van der Waals surface area contributed by atoms with Crippen LogP contribution in [0.4, 0.5) is 0 Å². The van der Waals surface area contributed by atoms with Crippen LogP contribution in [0.3, 0.4) is 0 Å². The number of rotatable bonds is 5. The fourth-order valence-corrected chi connectivity index (χ4v) is 5.01. The third-order valence-electron chi connectivity index (χ3n) is 3.48. The van der Waals surface area contributed by atoms with Crippen LogP contribution in [0.2, 0.25) is 0 Å². The van der Waals surface area contributed by atoms with Gasteiger partial charge in [-0.1, -0.05) is 0 Å². The Balaban J connectivity index is 2.00. The minimum absolute atomic E-state index is 0.0767. The van der Waals surface area contributed by atoms with E-state index >= 15 is 0 Å². The monoisotopic (exact) mass is 339 g/mol. The summed E-state index contributed by atoms with van der Waals surface area (Å²) in [6, 6.07) is 4.80. The summed E-state index contributed by atoms with van der Waals surface area (Å²) in [5, 5.41) is 4.27. The molecule has 0 bridgehead atoms. The predicted octanol–water partition coefficient (Wildman–Crippen LogP) is 1.74. The minimum atomic E-state index is -3.47. The lowest BCUT2D eigenvalue weighted by molar-refractivity contribution is 0.581. The van der Waals surface area contributed by atoms with Crippen molar-refractivity contribution >= 4 is 21.4 Å². The molecule has 8 heteroatoms. The maximum absolute atomic E-state index is 12.3. The smallest absolute Gasteiger partial charge is 0.266 e. The van der Waals surface area contributed by atoms with E-state index in [4.69, 9.17) is 0 Å². The Morgan fingerprint density at radius 3 is 2.77 bits per heavy atom. The Kier molecular flexibility index (Phi) is 3.92. The summed E-state index contributed by atoms with van der Waals surface area (Å²) in [5.74, 6) is 0. The normalized spacial score (nSPS) is 15.2. The molecule has 1 N–H and O–H groups in total. The van der Waals surface area contributed by atoms with Gasteiger partial charge in [-0.2, -0.15) is 5.10 Å². The Hall–Kier alpha value is -1.51. The summed E-state index contributed by atoms with van der Waals surface area (Å²) in [7, 11) is -3.47. The van der Waals surface area contributed by atoms with Gasteiger partial charge in [0.25, 0.3) is 5.56 Å². The van der Waals surface area contributed by atoms with Crippen LogP contribution in [0.5, 0.6) is 0 Å². The van der Waals surface area contributed by atoms with Crippen molar-refractivity contribution in [2.75, 3.05) is 0 Å². The second-order valence-electron chi connectivity index (χ2n) is 5.30. The molecule has 22 heavy (non-hydrogen) atoms. The van der Waals surface area contributed by atoms with Crippen molar-refractivity contribution in [1.29, 1.82) is 0 Å². The van der Waals surface area contributed by atoms with Crippen LogP contribution in [0, 0.1) is 6.92 Å². The highest BCUT2D eigenvalue weighted by Gasteiger charge is 2.30. The van der Waals surface area contributed by atoms with Crippen LogP contribution in [0.25, 0.3) is 10.6 Å². The molecule has 0 aliphatic heterocycles. The Morgan fingerprint density at radius 1 is 1.41 bits per heavy atom. The highest BCUT2D eigenvalue weighted by Crippen LogP contribution is 2.33. The topological polar surface area (TPSA) is 81.1 Å². The first kappa shape index (κ1) is 15.4. The van der Waals surface area contributed by atoms with Gasteiger partial charge in [-0.05, 0) is 38.8 Å². The molecule has 2 aromatic rings. The number of nitrogens with zero attached hydrogens (tertiary/aromatic N) is 2. The number of hydrogen-bond donors (Lipinski definition) is 1. The SMILES string of the molecule is CCn1nc(-c2cc(S(=O)(=O)NC3CC3)c(C)s2)ccc1=O. The van der Waals surface area contributed by atoms with Gasteiger partial charge >= 0.3 is 0 Å². The van der Waals surface area contributed by atoms with Crippen LogP contribution < -0.4 is 10.3 Å². The van der Waals surface area contributed by atoms with E-state index in [-0.39, 0.29) is 11.6 Å². The van der Waals surface area contributed by atoms with Crippen LogP contribution >= 0.6 is 11.3 Å². The number of thiophene rings is 1. The van der Waals surface area contributed by atoms with Crippen molar-refractivity contribution in [3.8, 4) is 10.6 Å². The highest BCUT2D eigenvalue weighted by molar-refractivity contribution is 7.89. The third kappa shape index (κ3) is 2.99. The number of hydrogen-bond acceptors (Lipinski definition) is 5. The van der Waals surface area contributed by atoms with Gasteiger partial charge in [0.15, 0.2) is 0 Å². The van der Waals surface area contributed by atoms with Gasteiger partial charge < -0.3 is 0 Å². The molecule has 1 aliphatic carbocycles. The van der Waals surface area contributed by atoms with Crippen LogP contribution in [0.1, 0.15) is 24.6 Å². The fourth-order valence-electron chi connectivity index (χ4n) is 2.15. The van der Waals surface area contributed by atoms with Crippen molar-refractivity contribution < 1.29 is 8.42 Å². The number of nitrogens with one attached hydrogen (secondary N) is 1. The van der Waals surface area contributed by atoms with Gasteiger partial charge in [0.1, 0.15) is 5.69 Å². The average Bonchev–Trinajstić information content (AvgIpc) is 3.17. The van der Waals surface area contributed by atoms with E-state index in [1.165, 1.54) is 22.1 Å². The lowest BCUT2D eigenvalue weighted by Gasteiger charge is -2.03. The van der Waals surface area contributed by atoms with Gasteiger partial charge in [0, 0.05) is 23.5 Å². The minimum Gasteiger partial charge on any atom is -0.268 e. The Labute approximate surface area is 132 Å². The molecule has 118 valence electrons. The summed E-state index contributed by atoms with van der Waals surface area (Å²) in [6.45, 7) is 4.10. The maximum Gasteiger partial charge on any atom is 0.266 e. The number of sulfonamides is 1. The molecule has 0 spiro atoms. The lowest BCUT2D eigenvalue weighted by Crippen LogP contribution is -2.25. The van der Waals surface area contributed by atoms with Crippen molar-refractivity contribution in [2.24, 2.45) is 0 Å². The Bertz CT molecular complexity index is 864. The summed E-state index contributed by atoms with van der Waals surface area (Å²) in [6.07, 6.45) is 1.80. The molecule has 0 amide bonds. The van der Waals surface area contributed by atoms with E-state index in [1.54, 1.807) is 19.1 Å². The molecule has 0 aromatic carbocycles. The first-order valence-corrected chi connectivity index (χ1v) is 9.42. The fraction of sp³-hybridized carbons (Fsp3) is 0.429. The largest absolute Gasteiger partial charge is 0.268 e. The zero-order valence-corrected chi connectivity index (χ0v) is 14.0. The zero-order chi connectivity index (χ0) is 15.9. The molecule has 1 aliphatic rings. The van der Waals surface area contributed by atoms with Crippen molar-refractivity contribution in [3.63, 3.8) is 0 Å².